The van der Waals surface area contributed by atoms with Crippen molar-refractivity contribution in [1.82, 2.24) is 14.8 Å². The third-order valence-corrected chi connectivity index (χ3v) is 5.80. The molecule has 4 rings (SSSR count). The van der Waals surface area contributed by atoms with Gasteiger partial charge in [0.15, 0.2) is 11.0 Å². The minimum Gasteiger partial charge on any atom is -0.325 e. The summed E-state index contributed by atoms with van der Waals surface area (Å²) in [4.78, 5) is 12.5. The minimum absolute atomic E-state index is 0.136. The number of hydrogen-bond donors (Lipinski definition) is 1. The third kappa shape index (κ3) is 4.83. The number of rotatable bonds is 6. The number of hydrogen-bond acceptors (Lipinski definition) is 4. The fourth-order valence-electron chi connectivity index (χ4n) is 3.11. The summed E-state index contributed by atoms with van der Waals surface area (Å²) in [6.45, 7) is 4.04. The summed E-state index contributed by atoms with van der Waals surface area (Å²) in [5.41, 5.74) is 4.66. The number of nitrogens with one attached hydrogen (secondary N) is 1. The highest BCUT2D eigenvalue weighted by molar-refractivity contribution is 7.99. The normalized spacial score (nSPS) is 10.8. The molecule has 0 atom stereocenters. The number of nitrogens with zero attached hydrogens (tertiary/aromatic N) is 3. The van der Waals surface area contributed by atoms with E-state index in [-0.39, 0.29) is 17.5 Å². The van der Waals surface area contributed by atoms with E-state index in [1.807, 2.05) is 66.9 Å². The van der Waals surface area contributed by atoms with Crippen molar-refractivity contribution in [3.05, 3.63) is 89.7 Å². The molecular formula is C24H21FN4OS. The topological polar surface area (TPSA) is 59.8 Å². The molecule has 4 aromatic rings. The molecule has 0 saturated carbocycles. The van der Waals surface area contributed by atoms with Crippen LogP contribution in [0.4, 0.5) is 10.1 Å². The van der Waals surface area contributed by atoms with E-state index < -0.39 is 0 Å². The van der Waals surface area contributed by atoms with Gasteiger partial charge < -0.3 is 5.32 Å². The Bertz CT molecular complexity index is 1210. The lowest BCUT2D eigenvalue weighted by Gasteiger charge is -2.11. The Balaban J connectivity index is 1.57. The molecule has 0 aliphatic rings. The molecule has 5 nitrogen and oxygen atoms in total. The average Bonchev–Trinajstić information content (AvgIpc) is 3.20. The lowest BCUT2D eigenvalue weighted by atomic mass is 10.1. The number of anilines is 1. The monoisotopic (exact) mass is 432 g/mol. The van der Waals surface area contributed by atoms with E-state index in [4.69, 9.17) is 0 Å². The van der Waals surface area contributed by atoms with Gasteiger partial charge in [-0.3, -0.25) is 9.36 Å². The molecule has 0 spiro atoms. The molecular weight excluding hydrogens is 411 g/mol. The van der Waals surface area contributed by atoms with E-state index in [0.29, 0.717) is 11.0 Å². The van der Waals surface area contributed by atoms with Crippen LogP contribution in [0.3, 0.4) is 0 Å². The first-order valence-electron chi connectivity index (χ1n) is 9.78. The van der Waals surface area contributed by atoms with Crippen LogP contribution in [0.15, 0.2) is 78.0 Å². The molecule has 1 aromatic heterocycles. The molecule has 1 N–H and O–H groups in total. The Labute approximate surface area is 184 Å². The highest BCUT2D eigenvalue weighted by Crippen LogP contribution is 2.28. The van der Waals surface area contributed by atoms with Gasteiger partial charge in [0.1, 0.15) is 5.82 Å². The van der Waals surface area contributed by atoms with Gasteiger partial charge in [-0.25, -0.2) is 4.39 Å². The summed E-state index contributed by atoms with van der Waals surface area (Å²) < 4.78 is 15.3. The van der Waals surface area contributed by atoms with Crippen LogP contribution in [0.2, 0.25) is 0 Å². The molecule has 0 saturated heterocycles. The summed E-state index contributed by atoms with van der Waals surface area (Å²) in [6, 6.07) is 21.6. The van der Waals surface area contributed by atoms with Crippen LogP contribution in [0.25, 0.3) is 17.1 Å². The highest BCUT2D eigenvalue weighted by Gasteiger charge is 2.17. The SMILES string of the molecule is Cc1ccc(NC(=O)CSc2nnc(-c3ccccc3)n2-c2ccc(F)cc2)cc1C. The largest absolute Gasteiger partial charge is 0.325 e. The number of carbonyl (C=O) groups excluding carboxylic acids is 1. The molecule has 7 heteroatoms. The predicted octanol–water partition coefficient (Wildman–Crippen LogP) is 5.42. The molecule has 0 radical (unpaired) electrons. The second-order valence-electron chi connectivity index (χ2n) is 7.12. The second kappa shape index (κ2) is 9.14. The maximum atomic E-state index is 13.5. The van der Waals surface area contributed by atoms with E-state index in [9.17, 15) is 9.18 Å². The molecule has 1 heterocycles. The lowest BCUT2D eigenvalue weighted by molar-refractivity contribution is -0.113. The molecule has 1 amide bonds. The van der Waals surface area contributed by atoms with Crippen LogP contribution in [0.5, 0.6) is 0 Å². The van der Waals surface area contributed by atoms with Gasteiger partial charge in [0.05, 0.1) is 5.75 Å². The molecule has 31 heavy (non-hydrogen) atoms. The number of carbonyl (C=O) groups is 1. The van der Waals surface area contributed by atoms with E-state index in [0.717, 1.165) is 22.5 Å². The highest BCUT2D eigenvalue weighted by atomic mass is 32.2. The Morgan fingerprint density at radius 1 is 0.968 bits per heavy atom. The van der Waals surface area contributed by atoms with Gasteiger partial charge in [-0.15, -0.1) is 10.2 Å². The summed E-state index contributed by atoms with van der Waals surface area (Å²) in [5.74, 6) is 0.341. The molecule has 3 aromatic carbocycles. The van der Waals surface area contributed by atoms with E-state index in [2.05, 4.69) is 15.5 Å². The van der Waals surface area contributed by atoms with Gasteiger partial charge in [0.2, 0.25) is 5.91 Å². The summed E-state index contributed by atoms with van der Waals surface area (Å²) in [6.07, 6.45) is 0. The van der Waals surface area contributed by atoms with Crippen molar-refractivity contribution in [1.29, 1.82) is 0 Å². The first-order chi connectivity index (χ1) is 15.0. The van der Waals surface area contributed by atoms with Crippen molar-refractivity contribution in [3.63, 3.8) is 0 Å². The molecule has 156 valence electrons. The first-order valence-corrected chi connectivity index (χ1v) is 10.8. The number of halogens is 1. The van der Waals surface area contributed by atoms with Gasteiger partial charge in [-0.2, -0.15) is 0 Å². The van der Waals surface area contributed by atoms with Gasteiger partial charge in [-0.05, 0) is 61.4 Å². The van der Waals surface area contributed by atoms with Gasteiger partial charge in [-0.1, -0.05) is 48.2 Å². The lowest BCUT2D eigenvalue weighted by Crippen LogP contribution is -2.14. The summed E-state index contributed by atoms with van der Waals surface area (Å²) in [5, 5.41) is 12.1. The predicted molar refractivity (Wildman–Crippen MR) is 122 cm³/mol. The summed E-state index contributed by atoms with van der Waals surface area (Å²) >= 11 is 1.28. The van der Waals surface area contributed by atoms with Gasteiger partial charge in [0, 0.05) is 16.9 Å². The van der Waals surface area contributed by atoms with Crippen molar-refractivity contribution >= 4 is 23.4 Å². The van der Waals surface area contributed by atoms with Crippen molar-refractivity contribution in [2.75, 3.05) is 11.1 Å². The minimum atomic E-state index is -0.319. The van der Waals surface area contributed by atoms with Crippen molar-refractivity contribution in [2.45, 2.75) is 19.0 Å². The number of thioether (sulfide) groups is 1. The molecule has 0 fully saturated rings. The number of aromatic nitrogens is 3. The van der Waals surface area contributed by atoms with Crippen LogP contribution in [-0.2, 0) is 4.79 Å². The third-order valence-electron chi connectivity index (χ3n) is 4.87. The van der Waals surface area contributed by atoms with Crippen LogP contribution in [-0.4, -0.2) is 26.4 Å². The second-order valence-corrected chi connectivity index (χ2v) is 8.06. The zero-order chi connectivity index (χ0) is 21.8. The van der Waals surface area contributed by atoms with Gasteiger partial charge >= 0.3 is 0 Å². The summed E-state index contributed by atoms with van der Waals surface area (Å²) in [7, 11) is 0. The standard InChI is InChI=1S/C24H21FN4OS/c1-16-8-11-20(14-17(16)2)26-22(30)15-31-24-28-27-23(18-6-4-3-5-7-18)29(24)21-12-9-19(25)10-13-21/h3-14H,15H2,1-2H3,(H,26,30). The zero-order valence-corrected chi connectivity index (χ0v) is 18.0. The quantitative estimate of drug-likeness (QED) is 0.413. The van der Waals surface area contributed by atoms with Crippen LogP contribution in [0.1, 0.15) is 11.1 Å². The molecule has 0 unspecified atom stereocenters. The first kappa shape index (κ1) is 20.8. The number of benzene rings is 3. The van der Waals surface area contributed by atoms with E-state index in [1.54, 1.807) is 12.1 Å². The Hall–Kier alpha value is -3.45. The fourth-order valence-corrected chi connectivity index (χ4v) is 3.86. The Kier molecular flexibility index (Phi) is 6.13. The van der Waals surface area contributed by atoms with E-state index >= 15 is 0 Å². The Morgan fingerprint density at radius 2 is 1.71 bits per heavy atom. The van der Waals surface area contributed by atoms with Crippen LogP contribution in [0, 0.1) is 19.7 Å². The maximum absolute atomic E-state index is 13.5. The van der Waals surface area contributed by atoms with Gasteiger partial charge in [0.25, 0.3) is 0 Å². The van der Waals surface area contributed by atoms with Crippen molar-refractivity contribution in [3.8, 4) is 17.1 Å². The van der Waals surface area contributed by atoms with Crippen molar-refractivity contribution in [2.24, 2.45) is 0 Å². The average molecular weight is 433 g/mol. The molecule has 0 aliphatic heterocycles. The smallest absolute Gasteiger partial charge is 0.234 e. The zero-order valence-electron chi connectivity index (χ0n) is 17.2. The Morgan fingerprint density at radius 3 is 2.42 bits per heavy atom. The van der Waals surface area contributed by atoms with E-state index in [1.165, 1.54) is 29.5 Å². The number of amides is 1. The molecule has 0 aliphatic carbocycles. The fraction of sp³-hybridized carbons (Fsp3) is 0.125. The molecule has 0 bridgehead atoms. The van der Waals surface area contributed by atoms with Crippen LogP contribution < -0.4 is 5.32 Å². The van der Waals surface area contributed by atoms with Crippen molar-refractivity contribution < 1.29 is 9.18 Å². The number of aryl methyl sites for hydroxylation is 2. The van der Waals surface area contributed by atoms with Crippen LogP contribution >= 0.6 is 11.8 Å². The maximum Gasteiger partial charge on any atom is 0.234 e.